The second kappa shape index (κ2) is 4.65. The molecule has 0 aromatic carbocycles. The molecule has 0 aliphatic carbocycles. The first-order valence-corrected chi connectivity index (χ1v) is 8.33. The lowest BCUT2D eigenvalue weighted by atomic mass is 10.2. The zero-order chi connectivity index (χ0) is 13.5. The Labute approximate surface area is 107 Å². The quantitative estimate of drug-likeness (QED) is 0.736. The molecule has 0 bridgehead atoms. The number of rotatable bonds is 1. The van der Waals surface area contributed by atoms with E-state index in [2.05, 4.69) is 41.5 Å². The number of aliphatic hydroxyl groups is 1. The van der Waals surface area contributed by atoms with Gasteiger partial charge < -0.3 is 14.0 Å². The van der Waals surface area contributed by atoms with Gasteiger partial charge in [0.05, 0.1) is 12.2 Å². The smallest absolute Gasteiger partial charge is 0.349 e. The number of hydrogen-bond donors (Lipinski definition) is 1. The lowest BCUT2D eigenvalue weighted by molar-refractivity contribution is -0.0394. The minimum Gasteiger partial charge on any atom is -0.394 e. The van der Waals surface area contributed by atoms with Crippen molar-refractivity contribution >= 4 is 8.56 Å². The van der Waals surface area contributed by atoms with E-state index in [9.17, 15) is 5.11 Å². The summed E-state index contributed by atoms with van der Waals surface area (Å²) in [5, 5.41) is 9.78. The predicted molar refractivity (Wildman–Crippen MR) is 72.3 cm³/mol. The Kier molecular flexibility index (Phi) is 4.14. The molecule has 4 heteroatoms. The SMILES string of the molecule is CC(O)C1CCO[Si](C(C)(C)C)(C(C)(C)C)O1. The Morgan fingerprint density at radius 2 is 1.59 bits per heavy atom. The van der Waals surface area contributed by atoms with Gasteiger partial charge in [-0.3, -0.25) is 0 Å². The van der Waals surface area contributed by atoms with Gasteiger partial charge in [-0.05, 0) is 13.3 Å². The highest BCUT2D eigenvalue weighted by Gasteiger charge is 2.60. The first-order chi connectivity index (χ1) is 7.51. The van der Waals surface area contributed by atoms with Crippen LogP contribution in [0.5, 0.6) is 0 Å². The van der Waals surface area contributed by atoms with Crippen LogP contribution < -0.4 is 0 Å². The monoisotopic (exact) mass is 260 g/mol. The summed E-state index contributed by atoms with van der Waals surface area (Å²) < 4.78 is 12.5. The molecule has 0 radical (unpaired) electrons. The molecule has 0 amide bonds. The molecule has 0 aromatic rings. The molecule has 102 valence electrons. The van der Waals surface area contributed by atoms with Gasteiger partial charge in [0.15, 0.2) is 0 Å². The maximum atomic E-state index is 9.78. The molecule has 1 rings (SSSR count). The molecule has 17 heavy (non-hydrogen) atoms. The van der Waals surface area contributed by atoms with E-state index in [1.54, 1.807) is 6.92 Å². The average Bonchev–Trinajstić information content (AvgIpc) is 2.14. The first kappa shape index (κ1) is 15.2. The van der Waals surface area contributed by atoms with E-state index in [0.29, 0.717) is 6.61 Å². The van der Waals surface area contributed by atoms with Crippen LogP contribution in [0.1, 0.15) is 54.9 Å². The van der Waals surface area contributed by atoms with Crippen LogP contribution in [0.15, 0.2) is 0 Å². The number of hydrogen-bond acceptors (Lipinski definition) is 3. The topological polar surface area (TPSA) is 38.7 Å². The van der Waals surface area contributed by atoms with Gasteiger partial charge in [-0.1, -0.05) is 41.5 Å². The maximum Gasteiger partial charge on any atom is 0.349 e. The van der Waals surface area contributed by atoms with Crippen LogP contribution in [0, 0.1) is 0 Å². The Balaban J connectivity index is 3.08. The van der Waals surface area contributed by atoms with Crippen LogP contribution in [0.3, 0.4) is 0 Å². The maximum absolute atomic E-state index is 9.78. The molecule has 0 aromatic heterocycles. The van der Waals surface area contributed by atoms with E-state index < -0.39 is 14.7 Å². The van der Waals surface area contributed by atoms with E-state index in [4.69, 9.17) is 8.85 Å². The summed E-state index contributed by atoms with van der Waals surface area (Å²) in [5.74, 6) is 0. The summed E-state index contributed by atoms with van der Waals surface area (Å²) in [5.41, 5.74) is 0. The minimum atomic E-state index is -2.37. The van der Waals surface area contributed by atoms with Crippen molar-refractivity contribution in [1.29, 1.82) is 0 Å². The normalized spacial score (nSPS) is 27.9. The molecule has 1 saturated heterocycles. The van der Waals surface area contributed by atoms with Crippen molar-refractivity contribution in [3.63, 3.8) is 0 Å². The van der Waals surface area contributed by atoms with Crippen molar-refractivity contribution in [3.8, 4) is 0 Å². The van der Waals surface area contributed by atoms with Crippen molar-refractivity contribution in [2.75, 3.05) is 6.61 Å². The summed E-state index contributed by atoms with van der Waals surface area (Å²) in [6.45, 7) is 15.6. The zero-order valence-electron chi connectivity index (χ0n) is 12.3. The lowest BCUT2D eigenvalue weighted by Gasteiger charge is -2.53. The van der Waals surface area contributed by atoms with Crippen molar-refractivity contribution < 1.29 is 14.0 Å². The molecule has 1 aliphatic rings. The lowest BCUT2D eigenvalue weighted by Crippen LogP contribution is -2.62. The molecule has 0 saturated carbocycles. The van der Waals surface area contributed by atoms with Gasteiger partial charge in [-0.2, -0.15) is 0 Å². The van der Waals surface area contributed by atoms with Gasteiger partial charge in [-0.15, -0.1) is 0 Å². The Bertz CT molecular complexity index is 249. The molecule has 1 N–H and O–H groups in total. The van der Waals surface area contributed by atoms with Crippen molar-refractivity contribution in [2.45, 2.75) is 77.2 Å². The molecule has 3 nitrogen and oxygen atoms in total. The van der Waals surface area contributed by atoms with Gasteiger partial charge >= 0.3 is 8.56 Å². The summed E-state index contributed by atoms with van der Waals surface area (Å²) in [7, 11) is -2.37. The zero-order valence-corrected chi connectivity index (χ0v) is 13.3. The molecule has 1 heterocycles. The predicted octanol–water partition coefficient (Wildman–Crippen LogP) is 3.22. The fourth-order valence-corrected chi connectivity index (χ4v) is 7.91. The van der Waals surface area contributed by atoms with Crippen LogP contribution in [0.25, 0.3) is 0 Å². The molecule has 1 aliphatic heterocycles. The van der Waals surface area contributed by atoms with Crippen LogP contribution >= 0.6 is 0 Å². The molecular formula is C13H28O3Si. The molecule has 0 spiro atoms. The number of aliphatic hydroxyl groups excluding tert-OH is 1. The largest absolute Gasteiger partial charge is 0.394 e. The van der Waals surface area contributed by atoms with Crippen LogP contribution in [-0.4, -0.2) is 32.5 Å². The van der Waals surface area contributed by atoms with Crippen molar-refractivity contribution in [1.82, 2.24) is 0 Å². The Morgan fingerprint density at radius 3 is 1.94 bits per heavy atom. The fourth-order valence-electron chi connectivity index (χ4n) is 2.88. The van der Waals surface area contributed by atoms with Crippen LogP contribution in [0.4, 0.5) is 0 Å². The first-order valence-electron chi connectivity index (χ1n) is 6.51. The highest BCUT2D eigenvalue weighted by atomic mass is 28.4. The fraction of sp³-hybridized carbons (Fsp3) is 1.00. The van der Waals surface area contributed by atoms with E-state index in [1.165, 1.54) is 0 Å². The summed E-state index contributed by atoms with van der Waals surface area (Å²) in [6, 6.07) is 0. The van der Waals surface area contributed by atoms with Gasteiger partial charge in [-0.25, -0.2) is 0 Å². The summed E-state index contributed by atoms with van der Waals surface area (Å²) in [6.07, 6.45) is 0.294. The van der Waals surface area contributed by atoms with Crippen LogP contribution in [0.2, 0.25) is 10.1 Å². The second-order valence-electron chi connectivity index (χ2n) is 7.15. The molecule has 2 unspecified atom stereocenters. The highest BCUT2D eigenvalue weighted by molar-refractivity contribution is 6.73. The van der Waals surface area contributed by atoms with E-state index in [0.717, 1.165) is 6.42 Å². The third kappa shape index (κ3) is 2.75. The minimum absolute atomic E-state index is 0.00118. The Morgan fingerprint density at radius 1 is 1.12 bits per heavy atom. The molecule has 1 fully saturated rings. The molecule has 2 atom stereocenters. The summed E-state index contributed by atoms with van der Waals surface area (Å²) >= 11 is 0. The third-order valence-electron chi connectivity index (χ3n) is 3.54. The van der Waals surface area contributed by atoms with Crippen molar-refractivity contribution in [2.24, 2.45) is 0 Å². The standard InChI is InChI=1S/C13H28O3Si/c1-10(14)11-8-9-15-17(16-11,12(2,3)4)13(5,6)7/h10-11,14H,8-9H2,1-7H3. The van der Waals surface area contributed by atoms with Gasteiger partial charge in [0.1, 0.15) is 0 Å². The summed E-state index contributed by atoms with van der Waals surface area (Å²) in [4.78, 5) is 0. The average molecular weight is 260 g/mol. The van der Waals surface area contributed by atoms with Gasteiger partial charge in [0.2, 0.25) is 0 Å². The second-order valence-corrected chi connectivity index (χ2v) is 11.9. The van der Waals surface area contributed by atoms with E-state index in [-0.39, 0.29) is 16.2 Å². The van der Waals surface area contributed by atoms with Gasteiger partial charge in [0, 0.05) is 16.7 Å². The van der Waals surface area contributed by atoms with Crippen molar-refractivity contribution in [3.05, 3.63) is 0 Å². The third-order valence-corrected chi connectivity index (χ3v) is 8.73. The molecular weight excluding hydrogens is 232 g/mol. The van der Waals surface area contributed by atoms with Gasteiger partial charge in [0.25, 0.3) is 0 Å². The Hall–Kier alpha value is 0.0969. The van der Waals surface area contributed by atoms with E-state index >= 15 is 0 Å². The van der Waals surface area contributed by atoms with Crippen LogP contribution in [-0.2, 0) is 8.85 Å². The highest BCUT2D eigenvalue weighted by Crippen LogP contribution is 2.54. The van der Waals surface area contributed by atoms with E-state index in [1.807, 2.05) is 0 Å².